The molecule has 2 rings (SSSR count). The second-order valence-electron chi connectivity index (χ2n) is 6.84. The van der Waals surface area contributed by atoms with Crippen LogP contribution in [0.4, 0.5) is 0 Å². The highest BCUT2D eigenvalue weighted by Crippen LogP contribution is 2.29. The summed E-state index contributed by atoms with van der Waals surface area (Å²) in [5, 5.41) is 15.5. The topological polar surface area (TPSA) is 61.7 Å². The molecule has 0 saturated heterocycles. The van der Waals surface area contributed by atoms with Gasteiger partial charge in [0.05, 0.1) is 5.71 Å². The number of carbonyl (C=O) groups is 1. The van der Waals surface area contributed by atoms with Gasteiger partial charge in [-0.3, -0.25) is 4.79 Å². The summed E-state index contributed by atoms with van der Waals surface area (Å²) in [6, 6.07) is 0.403. The summed E-state index contributed by atoms with van der Waals surface area (Å²) in [5.74, 6) is 0.775. The molecule has 2 unspecified atom stereocenters. The Morgan fingerprint density at radius 3 is 2.19 bits per heavy atom. The third-order valence-corrected chi connectivity index (χ3v) is 5.29. The standard InChI is InChI=1S/C17H30N2O2/c1-13(19-21)14-7-6-8-15(12-11-14)17(20)18-16-9-4-2-3-5-10-16/h14-16,21H,2-12H2,1H3,(H,18,20)/b19-13+. The molecule has 0 heterocycles. The van der Waals surface area contributed by atoms with Gasteiger partial charge in [0.1, 0.15) is 0 Å². The van der Waals surface area contributed by atoms with Crippen LogP contribution in [0.5, 0.6) is 0 Å². The molecule has 4 heteroatoms. The predicted molar refractivity (Wildman–Crippen MR) is 84.6 cm³/mol. The molecule has 2 aliphatic rings. The molecule has 1 amide bonds. The Kier molecular flexibility index (Phi) is 6.52. The highest BCUT2D eigenvalue weighted by atomic mass is 16.4. The van der Waals surface area contributed by atoms with Gasteiger partial charge in [0.2, 0.25) is 5.91 Å². The largest absolute Gasteiger partial charge is 0.411 e. The first kappa shape index (κ1) is 16.3. The zero-order valence-electron chi connectivity index (χ0n) is 13.3. The Hall–Kier alpha value is -1.06. The Morgan fingerprint density at radius 1 is 0.905 bits per heavy atom. The van der Waals surface area contributed by atoms with Gasteiger partial charge in [-0.05, 0) is 45.4 Å². The van der Waals surface area contributed by atoms with Gasteiger partial charge < -0.3 is 10.5 Å². The summed E-state index contributed by atoms with van der Waals surface area (Å²) >= 11 is 0. The minimum absolute atomic E-state index is 0.157. The van der Waals surface area contributed by atoms with E-state index in [1.807, 2.05) is 6.92 Å². The molecular formula is C17H30N2O2. The van der Waals surface area contributed by atoms with Crippen LogP contribution < -0.4 is 5.32 Å². The number of amides is 1. The van der Waals surface area contributed by atoms with Gasteiger partial charge in [0.15, 0.2) is 0 Å². The molecule has 4 nitrogen and oxygen atoms in total. The molecule has 2 saturated carbocycles. The molecule has 21 heavy (non-hydrogen) atoms. The van der Waals surface area contributed by atoms with Crippen molar-refractivity contribution in [2.75, 3.05) is 0 Å². The van der Waals surface area contributed by atoms with Gasteiger partial charge in [-0.25, -0.2) is 0 Å². The molecule has 2 aliphatic carbocycles. The number of nitrogens with one attached hydrogen (secondary N) is 1. The van der Waals surface area contributed by atoms with Gasteiger partial charge in [0, 0.05) is 17.9 Å². The highest BCUT2D eigenvalue weighted by Gasteiger charge is 2.26. The molecular weight excluding hydrogens is 264 g/mol. The van der Waals surface area contributed by atoms with Gasteiger partial charge in [-0.2, -0.15) is 0 Å². The summed E-state index contributed by atoms with van der Waals surface area (Å²) in [4.78, 5) is 12.5. The molecule has 2 fully saturated rings. The molecule has 0 radical (unpaired) electrons. The van der Waals surface area contributed by atoms with Crippen LogP contribution in [0.2, 0.25) is 0 Å². The van der Waals surface area contributed by atoms with Gasteiger partial charge in [-0.1, -0.05) is 37.3 Å². The van der Waals surface area contributed by atoms with E-state index in [-0.39, 0.29) is 11.8 Å². The van der Waals surface area contributed by atoms with E-state index in [4.69, 9.17) is 5.21 Å². The lowest BCUT2D eigenvalue weighted by atomic mass is 9.94. The van der Waals surface area contributed by atoms with Crippen LogP contribution in [-0.4, -0.2) is 22.9 Å². The van der Waals surface area contributed by atoms with E-state index in [2.05, 4.69) is 10.5 Å². The van der Waals surface area contributed by atoms with Crippen LogP contribution >= 0.6 is 0 Å². The van der Waals surface area contributed by atoms with Gasteiger partial charge in [0.25, 0.3) is 0 Å². The number of hydrogen-bond donors (Lipinski definition) is 2. The fourth-order valence-corrected chi connectivity index (χ4v) is 3.81. The first-order valence-electron chi connectivity index (χ1n) is 8.69. The van der Waals surface area contributed by atoms with Crippen molar-refractivity contribution in [1.82, 2.24) is 5.32 Å². The zero-order valence-corrected chi connectivity index (χ0v) is 13.3. The molecule has 2 atom stereocenters. The van der Waals surface area contributed by atoms with E-state index in [9.17, 15) is 4.79 Å². The molecule has 0 bridgehead atoms. The molecule has 0 spiro atoms. The molecule has 0 aromatic carbocycles. The van der Waals surface area contributed by atoms with Crippen molar-refractivity contribution in [3.05, 3.63) is 0 Å². The molecule has 0 aromatic rings. The summed E-state index contributed by atoms with van der Waals surface area (Å²) in [7, 11) is 0. The first-order chi connectivity index (χ1) is 10.2. The zero-order chi connectivity index (χ0) is 15.1. The average Bonchev–Trinajstić information content (AvgIpc) is 2.89. The van der Waals surface area contributed by atoms with Crippen LogP contribution in [0, 0.1) is 11.8 Å². The maximum absolute atomic E-state index is 12.5. The Labute approximate surface area is 128 Å². The van der Waals surface area contributed by atoms with Crippen molar-refractivity contribution in [3.8, 4) is 0 Å². The molecule has 0 aliphatic heterocycles. The highest BCUT2D eigenvalue weighted by molar-refractivity contribution is 5.84. The quantitative estimate of drug-likeness (QED) is 0.359. The Morgan fingerprint density at radius 2 is 1.52 bits per heavy atom. The SMILES string of the molecule is C/C(=N\O)C1CCCC(C(=O)NC2CCCCCC2)CC1. The smallest absolute Gasteiger partial charge is 0.223 e. The van der Waals surface area contributed by atoms with Crippen molar-refractivity contribution in [3.63, 3.8) is 0 Å². The maximum Gasteiger partial charge on any atom is 0.223 e. The minimum Gasteiger partial charge on any atom is -0.411 e. The van der Waals surface area contributed by atoms with E-state index in [0.717, 1.165) is 50.7 Å². The number of carbonyl (C=O) groups excluding carboxylic acids is 1. The van der Waals surface area contributed by atoms with Crippen molar-refractivity contribution in [2.24, 2.45) is 17.0 Å². The molecule has 2 N–H and O–H groups in total. The summed E-state index contributed by atoms with van der Waals surface area (Å²) in [6.45, 7) is 1.89. The molecule has 0 aromatic heterocycles. The fourth-order valence-electron chi connectivity index (χ4n) is 3.81. The van der Waals surface area contributed by atoms with Crippen LogP contribution in [-0.2, 0) is 4.79 Å². The lowest BCUT2D eigenvalue weighted by Gasteiger charge is -2.21. The van der Waals surface area contributed by atoms with Crippen LogP contribution in [0.15, 0.2) is 5.16 Å². The van der Waals surface area contributed by atoms with Gasteiger partial charge >= 0.3 is 0 Å². The fraction of sp³-hybridized carbons (Fsp3) is 0.882. The third-order valence-electron chi connectivity index (χ3n) is 5.29. The van der Waals surface area contributed by atoms with Crippen LogP contribution in [0.1, 0.15) is 77.6 Å². The van der Waals surface area contributed by atoms with Crippen molar-refractivity contribution in [1.29, 1.82) is 0 Å². The summed E-state index contributed by atoms with van der Waals surface area (Å²) in [6.07, 6.45) is 12.4. The normalized spacial score (nSPS) is 29.5. The molecule has 120 valence electrons. The number of rotatable bonds is 3. The van der Waals surface area contributed by atoms with Crippen molar-refractivity contribution >= 4 is 11.6 Å². The summed E-state index contributed by atoms with van der Waals surface area (Å²) < 4.78 is 0. The van der Waals surface area contributed by atoms with Crippen molar-refractivity contribution in [2.45, 2.75) is 83.6 Å². The maximum atomic E-state index is 12.5. The lowest BCUT2D eigenvalue weighted by Crippen LogP contribution is -2.38. The van der Waals surface area contributed by atoms with Gasteiger partial charge in [-0.15, -0.1) is 0 Å². The minimum atomic E-state index is 0.157. The Bertz CT molecular complexity index is 360. The third kappa shape index (κ3) is 5.01. The number of oxime groups is 1. The Balaban J connectivity index is 1.82. The second kappa shape index (κ2) is 8.40. The van der Waals surface area contributed by atoms with Crippen LogP contribution in [0.25, 0.3) is 0 Å². The second-order valence-corrected chi connectivity index (χ2v) is 6.84. The average molecular weight is 294 g/mol. The van der Waals surface area contributed by atoms with Crippen molar-refractivity contribution < 1.29 is 10.0 Å². The monoisotopic (exact) mass is 294 g/mol. The van der Waals surface area contributed by atoms with E-state index < -0.39 is 0 Å². The van der Waals surface area contributed by atoms with E-state index in [1.165, 1.54) is 25.7 Å². The predicted octanol–water partition coefficient (Wildman–Crippen LogP) is 3.87. The van der Waals surface area contributed by atoms with Crippen LogP contribution in [0.3, 0.4) is 0 Å². The number of nitrogens with zero attached hydrogens (tertiary/aromatic N) is 1. The summed E-state index contributed by atoms with van der Waals surface area (Å²) in [5.41, 5.74) is 0.819. The van der Waals surface area contributed by atoms with E-state index in [0.29, 0.717) is 12.0 Å². The number of hydrogen-bond acceptors (Lipinski definition) is 3. The van der Waals surface area contributed by atoms with E-state index in [1.54, 1.807) is 0 Å². The lowest BCUT2D eigenvalue weighted by molar-refractivity contribution is -0.126. The van der Waals surface area contributed by atoms with E-state index >= 15 is 0 Å². The first-order valence-corrected chi connectivity index (χ1v) is 8.69.